The zero-order valence-electron chi connectivity index (χ0n) is 14.6. The number of nitrogens with one attached hydrogen (secondary N) is 2. The Kier molecular flexibility index (Phi) is 8.81. The second-order valence-electron chi connectivity index (χ2n) is 6.31. The summed E-state index contributed by atoms with van der Waals surface area (Å²) in [6.45, 7) is 6.18. The van der Waals surface area contributed by atoms with Crippen LogP contribution in [0.2, 0.25) is 0 Å². The van der Waals surface area contributed by atoms with Crippen LogP contribution in [-0.2, 0) is 14.3 Å². The van der Waals surface area contributed by atoms with E-state index in [1.165, 1.54) is 6.20 Å². The van der Waals surface area contributed by atoms with Crippen LogP contribution < -0.4 is 16.4 Å². The summed E-state index contributed by atoms with van der Waals surface area (Å²) in [6, 6.07) is 3.44. The number of amides is 2. The van der Waals surface area contributed by atoms with Crippen LogP contribution in [0.25, 0.3) is 0 Å². The molecule has 7 nitrogen and oxygen atoms in total. The lowest BCUT2D eigenvalue weighted by atomic mass is 9.54. The second-order valence-corrected chi connectivity index (χ2v) is 6.31. The van der Waals surface area contributed by atoms with E-state index in [0.717, 1.165) is 0 Å². The van der Waals surface area contributed by atoms with Gasteiger partial charge in [-0.15, -0.1) is 24.8 Å². The number of hydrogen-bond acceptors (Lipinski definition) is 5. The number of carbonyl (C=O) groups is 2. The molecule has 2 amide bonds. The van der Waals surface area contributed by atoms with Crippen molar-refractivity contribution in [1.29, 1.82) is 0 Å². The number of rotatable bonds is 6. The van der Waals surface area contributed by atoms with E-state index in [2.05, 4.69) is 15.6 Å². The topological polar surface area (TPSA) is 106 Å². The highest BCUT2D eigenvalue weighted by molar-refractivity contribution is 5.96. The maximum Gasteiger partial charge on any atom is 0.243 e. The average Bonchev–Trinajstić information content (AvgIpc) is 2.53. The minimum absolute atomic E-state index is 0. The Balaban J connectivity index is 0.00000288. The highest BCUT2D eigenvalue weighted by Gasteiger charge is 2.62. The van der Waals surface area contributed by atoms with Gasteiger partial charge in [0.05, 0.1) is 24.5 Å². The molecule has 2 rings (SSSR count). The van der Waals surface area contributed by atoms with Crippen LogP contribution >= 0.6 is 24.8 Å². The van der Waals surface area contributed by atoms with Crippen LogP contribution in [0.3, 0.4) is 0 Å². The summed E-state index contributed by atoms with van der Waals surface area (Å²) >= 11 is 0. The Morgan fingerprint density at radius 1 is 1.40 bits per heavy atom. The molecule has 0 aliphatic heterocycles. The maximum atomic E-state index is 12.4. The van der Waals surface area contributed by atoms with Crippen molar-refractivity contribution in [2.75, 3.05) is 18.5 Å². The Morgan fingerprint density at radius 3 is 2.60 bits per heavy atom. The van der Waals surface area contributed by atoms with Crippen LogP contribution in [0.1, 0.15) is 27.2 Å². The van der Waals surface area contributed by atoms with Gasteiger partial charge in [0.25, 0.3) is 0 Å². The van der Waals surface area contributed by atoms with Gasteiger partial charge in [0.15, 0.2) is 0 Å². The van der Waals surface area contributed by atoms with E-state index >= 15 is 0 Å². The predicted octanol–water partition coefficient (Wildman–Crippen LogP) is 1.51. The van der Waals surface area contributed by atoms with Crippen LogP contribution in [0, 0.1) is 5.41 Å². The second kappa shape index (κ2) is 9.33. The molecule has 4 N–H and O–H groups in total. The van der Waals surface area contributed by atoms with Crippen molar-refractivity contribution in [2.24, 2.45) is 11.1 Å². The molecular weight excluding hydrogens is 367 g/mol. The standard InChI is InChI=1S/C16H24N4O3.2ClH/c1-4-23-12-8-16(17,15(12,2)3)14(22)19-10-13(21)20-11-6-5-7-18-9-11;;/h5-7,9,12H,4,8,10,17H2,1-3H3,(H,19,22)(H,20,21);2*1H. The Labute approximate surface area is 160 Å². The highest BCUT2D eigenvalue weighted by atomic mass is 35.5. The van der Waals surface area contributed by atoms with E-state index in [-0.39, 0.29) is 49.3 Å². The van der Waals surface area contributed by atoms with Crippen LogP contribution in [0.15, 0.2) is 24.5 Å². The summed E-state index contributed by atoms with van der Waals surface area (Å²) in [7, 11) is 0. The number of pyridine rings is 1. The minimum atomic E-state index is -1.03. The van der Waals surface area contributed by atoms with Crippen molar-refractivity contribution in [1.82, 2.24) is 10.3 Å². The van der Waals surface area contributed by atoms with E-state index < -0.39 is 11.0 Å². The lowest BCUT2D eigenvalue weighted by molar-refractivity contribution is -0.170. The first-order valence-corrected chi connectivity index (χ1v) is 7.70. The van der Waals surface area contributed by atoms with Gasteiger partial charge in [-0.05, 0) is 19.1 Å². The molecule has 0 aromatic carbocycles. The van der Waals surface area contributed by atoms with Crippen LogP contribution in [0.5, 0.6) is 0 Å². The highest BCUT2D eigenvalue weighted by Crippen LogP contribution is 2.49. The van der Waals surface area contributed by atoms with E-state index in [1.54, 1.807) is 18.3 Å². The Bertz CT molecular complexity index is 586. The normalized spacial score (nSPS) is 23.3. The van der Waals surface area contributed by atoms with Gasteiger partial charge in [0.1, 0.15) is 5.54 Å². The first-order valence-electron chi connectivity index (χ1n) is 7.70. The van der Waals surface area contributed by atoms with Crippen molar-refractivity contribution in [3.63, 3.8) is 0 Å². The largest absolute Gasteiger partial charge is 0.378 e. The lowest BCUT2D eigenvalue weighted by Gasteiger charge is -2.57. The maximum absolute atomic E-state index is 12.4. The number of anilines is 1. The van der Waals surface area contributed by atoms with E-state index in [0.29, 0.717) is 18.7 Å². The van der Waals surface area contributed by atoms with Crippen LogP contribution in [0.4, 0.5) is 5.69 Å². The molecule has 0 spiro atoms. The molecule has 142 valence electrons. The number of carbonyl (C=O) groups excluding carboxylic acids is 2. The number of halogens is 2. The van der Waals surface area contributed by atoms with E-state index in [4.69, 9.17) is 10.5 Å². The molecule has 1 saturated carbocycles. The molecule has 1 heterocycles. The van der Waals surface area contributed by atoms with Crippen molar-refractivity contribution in [3.8, 4) is 0 Å². The summed E-state index contributed by atoms with van der Waals surface area (Å²) < 4.78 is 5.60. The number of ether oxygens (including phenoxy) is 1. The lowest BCUT2D eigenvalue weighted by Crippen LogP contribution is -2.76. The first-order chi connectivity index (χ1) is 10.8. The van der Waals surface area contributed by atoms with Gasteiger partial charge in [-0.25, -0.2) is 0 Å². The molecule has 1 aromatic rings. The third-order valence-corrected chi connectivity index (χ3v) is 4.59. The number of nitrogens with zero attached hydrogens (tertiary/aromatic N) is 1. The van der Waals surface area contributed by atoms with Crippen molar-refractivity contribution >= 4 is 42.3 Å². The molecule has 2 unspecified atom stereocenters. The molecule has 0 radical (unpaired) electrons. The van der Waals surface area contributed by atoms with Gasteiger partial charge in [-0.2, -0.15) is 0 Å². The van der Waals surface area contributed by atoms with Gasteiger partial charge >= 0.3 is 0 Å². The average molecular weight is 393 g/mol. The summed E-state index contributed by atoms with van der Waals surface area (Å²) in [5, 5.41) is 5.26. The SMILES string of the molecule is CCOC1CC(N)(C(=O)NCC(=O)Nc2cccnc2)C1(C)C.Cl.Cl. The fourth-order valence-electron chi connectivity index (χ4n) is 2.78. The fourth-order valence-corrected chi connectivity index (χ4v) is 2.78. The Morgan fingerprint density at radius 2 is 2.08 bits per heavy atom. The third kappa shape index (κ3) is 4.82. The third-order valence-electron chi connectivity index (χ3n) is 4.59. The fraction of sp³-hybridized carbons (Fsp3) is 0.562. The molecule has 0 saturated heterocycles. The zero-order chi connectivity index (χ0) is 17.1. The molecular formula is C16H26Cl2N4O3. The number of nitrogens with two attached hydrogens (primary N) is 1. The van der Waals surface area contributed by atoms with E-state index in [9.17, 15) is 9.59 Å². The Hall–Kier alpha value is -1.41. The quantitative estimate of drug-likeness (QED) is 0.679. The summed E-state index contributed by atoms with van der Waals surface area (Å²) in [5.74, 6) is -0.659. The van der Waals surface area contributed by atoms with Gasteiger partial charge in [-0.1, -0.05) is 13.8 Å². The van der Waals surface area contributed by atoms with Crippen molar-refractivity contribution in [2.45, 2.75) is 38.8 Å². The molecule has 1 fully saturated rings. The smallest absolute Gasteiger partial charge is 0.243 e. The molecule has 1 aromatic heterocycles. The molecule has 1 aliphatic rings. The molecule has 1 aliphatic carbocycles. The molecule has 0 bridgehead atoms. The van der Waals surface area contributed by atoms with Gasteiger partial charge < -0.3 is 21.1 Å². The minimum Gasteiger partial charge on any atom is -0.378 e. The molecule has 2 atom stereocenters. The first kappa shape index (κ1) is 23.6. The molecule has 25 heavy (non-hydrogen) atoms. The summed E-state index contributed by atoms with van der Waals surface area (Å²) in [4.78, 5) is 28.1. The van der Waals surface area contributed by atoms with Crippen LogP contribution in [-0.4, -0.2) is 41.6 Å². The van der Waals surface area contributed by atoms with Gasteiger partial charge in [-0.3, -0.25) is 14.6 Å². The van der Waals surface area contributed by atoms with Crippen molar-refractivity contribution < 1.29 is 14.3 Å². The van der Waals surface area contributed by atoms with Gasteiger partial charge in [0.2, 0.25) is 11.8 Å². The number of aromatic nitrogens is 1. The summed E-state index contributed by atoms with van der Waals surface area (Å²) in [5.41, 5.74) is 5.32. The zero-order valence-corrected chi connectivity index (χ0v) is 16.2. The van der Waals surface area contributed by atoms with Crippen molar-refractivity contribution in [3.05, 3.63) is 24.5 Å². The van der Waals surface area contributed by atoms with Gasteiger partial charge in [0, 0.05) is 24.6 Å². The predicted molar refractivity (Wildman–Crippen MR) is 101 cm³/mol. The van der Waals surface area contributed by atoms with E-state index in [1.807, 2.05) is 20.8 Å². The summed E-state index contributed by atoms with van der Waals surface area (Å²) in [6.07, 6.45) is 3.55. The number of hydrogen-bond donors (Lipinski definition) is 3. The molecule has 9 heteroatoms. The monoisotopic (exact) mass is 392 g/mol.